The summed E-state index contributed by atoms with van der Waals surface area (Å²) in [7, 11) is -3.44. The van der Waals surface area contributed by atoms with Crippen molar-refractivity contribution in [2.45, 2.75) is 24.7 Å². The van der Waals surface area contributed by atoms with Crippen LogP contribution in [0.3, 0.4) is 0 Å². The number of nitrogens with one attached hydrogen (secondary N) is 1. The molecule has 0 aliphatic heterocycles. The maximum Gasteiger partial charge on any atom is 0.240 e. The van der Waals surface area contributed by atoms with E-state index in [2.05, 4.69) is 4.72 Å². The highest BCUT2D eigenvalue weighted by atomic mass is 32.2. The van der Waals surface area contributed by atoms with E-state index in [1.165, 1.54) is 0 Å². The molecule has 0 saturated heterocycles. The molecule has 0 radical (unpaired) electrons. The molecule has 0 aliphatic carbocycles. The van der Waals surface area contributed by atoms with Crippen molar-refractivity contribution >= 4 is 10.0 Å². The Hall–Kier alpha value is -1.65. The maximum absolute atomic E-state index is 12.2. The first-order valence-corrected chi connectivity index (χ1v) is 8.08. The Bertz CT molecular complexity index is 666. The summed E-state index contributed by atoms with van der Waals surface area (Å²) in [5, 5.41) is 0. The lowest BCUT2D eigenvalue weighted by Crippen LogP contribution is -2.27. The monoisotopic (exact) mass is 289 g/mol. The van der Waals surface area contributed by atoms with E-state index in [9.17, 15) is 8.42 Å². The van der Waals surface area contributed by atoms with Gasteiger partial charge in [0, 0.05) is 6.54 Å². The van der Waals surface area contributed by atoms with Gasteiger partial charge >= 0.3 is 0 Å². The van der Waals surface area contributed by atoms with Crippen molar-refractivity contribution in [1.82, 2.24) is 4.72 Å². The molecule has 0 heterocycles. The van der Waals surface area contributed by atoms with Gasteiger partial charge in [0.15, 0.2) is 0 Å². The Morgan fingerprint density at radius 3 is 2.40 bits per heavy atom. The maximum atomic E-state index is 12.2. The SMILES string of the molecule is Cc1cccc(S(=O)(=O)NCC(C)c2ccccc2)c1. The molecule has 3 nitrogen and oxygen atoms in total. The van der Waals surface area contributed by atoms with Crippen LogP contribution in [-0.2, 0) is 10.0 Å². The van der Waals surface area contributed by atoms with Crippen LogP contribution in [0.25, 0.3) is 0 Å². The van der Waals surface area contributed by atoms with E-state index >= 15 is 0 Å². The van der Waals surface area contributed by atoms with Crippen molar-refractivity contribution in [3.63, 3.8) is 0 Å². The molecule has 0 aromatic heterocycles. The van der Waals surface area contributed by atoms with Gasteiger partial charge in [-0.2, -0.15) is 0 Å². The van der Waals surface area contributed by atoms with Crippen LogP contribution in [0.15, 0.2) is 59.5 Å². The summed E-state index contributed by atoms with van der Waals surface area (Å²) in [5.74, 6) is 0.135. The van der Waals surface area contributed by atoms with Crippen molar-refractivity contribution in [2.75, 3.05) is 6.54 Å². The van der Waals surface area contributed by atoms with E-state index in [4.69, 9.17) is 0 Å². The molecule has 106 valence electrons. The number of sulfonamides is 1. The first-order chi connectivity index (χ1) is 9.49. The van der Waals surface area contributed by atoms with E-state index in [1.54, 1.807) is 18.2 Å². The van der Waals surface area contributed by atoms with Gasteiger partial charge < -0.3 is 0 Å². The van der Waals surface area contributed by atoms with Crippen LogP contribution < -0.4 is 4.72 Å². The Morgan fingerprint density at radius 1 is 1.05 bits per heavy atom. The zero-order chi connectivity index (χ0) is 14.6. The second-order valence-corrected chi connectivity index (χ2v) is 6.75. The van der Waals surface area contributed by atoms with Gasteiger partial charge in [0.2, 0.25) is 10.0 Å². The number of aryl methyl sites for hydroxylation is 1. The molecule has 0 aliphatic rings. The molecular weight excluding hydrogens is 270 g/mol. The summed E-state index contributed by atoms with van der Waals surface area (Å²) in [6, 6.07) is 16.8. The molecule has 0 amide bonds. The largest absolute Gasteiger partial charge is 0.240 e. The van der Waals surface area contributed by atoms with Gasteiger partial charge in [0.25, 0.3) is 0 Å². The lowest BCUT2D eigenvalue weighted by Gasteiger charge is -2.13. The minimum atomic E-state index is -3.44. The minimum absolute atomic E-state index is 0.135. The zero-order valence-corrected chi connectivity index (χ0v) is 12.5. The highest BCUT2D eigenvalue weighted by Gasteiger charge is 2.15. The van der Waals surface area contributed by atoms with Crippen molar-refractivity contribution in [2.24, 2.45) is 0 Å². The summed E-state index contributed by atoms with van der Waals surface area (Å²) >= 11 is 0. The summed E-state index contributed by atoms with van der Waals surface area (Å²) < 4.78 is 27.1. The normalized spacial score (nSPS) is 13.1. The molecule has 4 heteroatoms. The predicted molar refractivity (Wildman–Crippen MR) is 81.2 cm³/mol. The lowest BCUT2D eigenvalue weighted by molar-refractivity contribution is 0.575. The summed E-state index contributed by atoms with van der Waals surface area (Å²) in [5.41, 5.74) is 2.06. The van der Waals surface area contributed by atoms with Gasteiger partial charge in [0.05, 0.1) is 4.90 Å². The molecule has 2 aromatic carbocycles. The highest BCUT2D eigenvalue weighted by molar-refractivity contribution is 7.89. The summed E-state index contributed by atoms with van der Waals surface area (Å²) in [4.78, 5) is 0.317. The highest BCUT2D eigenvalue weighted by Crippen LogP contribution is 2.15. The third-order valence-electron chi connectivity index (χ3n) is 3.25. The molecule has 0 bridgehead atoms. The first kappa shape index (κ1) is 14.8. The fourth-order valence-corrected chi connectivity index (χ4v) is 3.23. The van der Waals surface area contributed by atoms with E-state index in [-0.39, 0.29) is 5.92 Å². The van der Waals surface area contributed by atoms with Gasteiger partial charge in [-0.1, -0.05) is 49.4 Å². The number of hydrogen-bond donors (Lipinski definition) is 1. The Kier molecular flexibility index (Phi) is 4.57. The van der Waals surface area contributed by atoms with E-state index in [0.717, 1.165) is 11.1 Å². The third-order valence-corrected chi connectivity index (χ3v) is 4.67. The van der Waals surface area contributed by atoms with Gasteiger partial charge in [-0.25, -0.2) is 13.1 Å². The average Bonchev–Trinajstić information content (AvgIpc) is 2.46. The molecule has 1 N–H and O–H groups in total. The van der Waals surface area contributed by atoms with E-state index < -0.39 is 10.0 Å². The van der Waals surface area contributed by atoms with Crippen LogP contribution in [0.5, 0.6) is 0 Å². The van der Waals surface area contributed by atoms with Crippen molar-refractivity contribution in [3.8, 4) is 0 Å². The van der Waals surface area contributed by atoms with Crippen LogP contribution >= 0.6 is 0 Å². The molecule has 2 aromatic rings. The Morgan fingerprint density at radius 2 is 1.75 bits per heavy atom. The van der Waals surface area contributed by atoms with Crippen LogP contribution in [0, 0.1) is 6.92 Å². The smallest absolute Gasteiger partial charge is 0.211 e. The fraction of sp³-hybridized carbons (Fsp3) is 0.250. The quantitative estimate of drug-likeness (QED) is 0.919. The molecule has 0 fully saturated rings. The van der Waals surface area contributed by atoms with Gasteiger partial charge in [-0.3, -0.25) is 0 Å². The van der Waals surface area contributed by atoms with Crippen molar-refractivity contribution < 1.29 is 8.42 Å². The zero-order valence-electron chi connectivity index (χ0n) is 11.7. The molecule has 0 spiro atoms. The standard InChI is InChI=1S/C16H19NO2S/c1-13-7-6-10-16(11-13)20(18,19)17-12-14(2)15-8-4-3-5-9-15/h3-11,14,17H,12H2,1-2H3. The lowest BCUT2D eigenvalue weighted by atomic mass is 10.0. The average molecular weight is 289 g/mol. The van der Waals surface area contributed by atoms with E-state index in [0.29, 0.717) is 11.4 Å². The molecule has 1 atom stereocenters. The molecule has 1 unspecified atom stereocenters. The third kappa shape index (κ3) is 3.68. The van der Waals surface area contributed by atoms with Crippen LogP contribution in [0.2, 0.25) is 0 Å². The molecule has 2 rings (SSSR count). The van der Waals surface area contributed by atoms with Gasteiger partial charge in [-0.05, 0) is 36.1 Å². The van der Waals surface area contributed by atoms with Crippen LogP contribution in [0.4, 0.5) is 0 Å². The number of benzene rings is 2. The topological polar surface area (TPSA) is 46.2 Å². The molecule has 20 heavy (non-hydrogen) atoms. The Balaban J connectivity index is 2.07. The Labute approximate surface area is 120 Å². The summed E-state index contributed by atoms with van der Waals surface area (Å²) in [6.45, 7) is 4.28. The van der Waals surface area contributed by atoms with Crippen molar-refractivity contribution in [1.29, 1.82) is 0 Å². The second kappa shape index (κ2) is 6.20. The van der Waals surface area contributed by atoms with Crippen molar-refractivity contribution in [3.05, 3.63) is 65.7 Å². The summed E-state index contributed by atoms with van der Waals surface area (Å²) in [6.07, 6.45) is 0. The van der Waals surface area contributed by atoms with Gasteiger partial charge in [-0.15, -0.1) is 0 Å². The van der Waals surface area contributed by atoms with E-state index in [1.807, 2.05) is 50.2 Å². The molecule has 0 saturated carbocycles. The molecular formula is C16H19NO2S. The fourth-order valence-electron chi connectivity index (χ4n) is 2.00. The van der Waals surface area contributed by atoms with Crippen LogP contribution in [0.1, 0.15) is 24.0 Å². The number of rotatable bonds is 5. The first-order valence-electron chi connectivity index (χ1n) is 6.60. The number of hydrogen-bond acceptors (Lipinski definition) is 2. The predicted octanol–water partition coefficient (Wildman–Crippen LogP) is 3.08. The van der Waals surface area contributed by atoms with Crippen LogP contribution in [-0.4, -0.2) is 15.0 Å². The second-order valence-electron chi connectivity index (χ2n) is 4.98. The minimum Gasteiger partial charge on any atom is -0.211 e. The van der Waals surface area contributed by atoms with Gasteiger partial charge in [0.1, 0.15) is 0 Å².